The number of esters is 4. The molecule has 3 unspecified atom stereocenters. The Kier molecular flexibility index (Phi) is 58.7. The van der Waals surface area contributed by atoms with Crippen molar-refractivity contribution in [3.8, 4) is 0 Å². The first-order valence-corrected chi connectivity index (χ1v) is 38.9. The fourth-order valence-electron chi connectivity index (χ4n) is 10.3. The largest absolute Gasteiger partial charge is 0.472 e. The van der Waals surface area contributed by atoms with Gasteiger partial charge in [-0.2, -0.15) is 0 Å². The molecule has 0 aliphatic rings. The van der Waals surface area contributed by atoms with E-state index in [9.17, 15) is 43.2 Å². The van der Waals surface area contributed by atoms with Gasteiger partial charge in [-0.25, -0.2) is 9.13 Å². The molecule has 88 heavy (non-hydrogen) atoms. The molecule has 0 radical (unpaired) electrons. The highest BCUT2D eigenvalue weighted by molar-refractivity contribution is 7.47. The van der Waals surface area contributed by atoms with E-state index in [4.69, 9.17) is 37.0 Å². The summed E-state index contributed by atoms with van der Waals surface area (Å²) < 4.78 is 68.0. The van der Waals surface area contributed by atoms with Crippen LogP contribution in [0.3, 0.4) is 0 Å². The number of carbonyl (C=O) groups excluding carboxylic acids is 4. The van der Waals surface area contributed by atoms with E-state index < -0.39 is 97.5 Å². The fourth-order valence-corrected chi connectivity index (χ4v) is 11.9. The lowest BCUT2D eigenvalue weighted by Crippen LogP contribution is -2.30. The second-order valence-corrected chi connectivity index (χ2v) is 29.0. The van der Waals surface area contributed by atoms with Crippen molar-refractivity contribution < 1.29 is 80.2 Å². The van der Waals surface area contributed by atoms with Gasteiger partial charge >= 0.3 is 39.5 Å². The molecule has 3 N–H and O–H groups in total. The Bertz CT molecular complexity index is 1730. The number of hydrogen-bond acceptors (Lipinski definition) is 15. The molecule has 0 rings (SSSR count). The predicted octanol–water partition coefficient (Wildman–Crippen LogP) is 19.5. The lowest BCUT2D eigenvalue weighted by Gasteiger charge is -2.21. The van der Waals surface area contributed by atoms with Gasteiger partial charge in [-0.15, -0.1) is 0 Å². The van der Waals surface area contributed by atoms with Gasteiger partial charge in [-0.3, -0.25) is 37.3 Å². The third-order valence-electron chi connectivity index (χ3n) is 16.2. The van der Waals surface area contributed by atoms with Gasteiger partial charge in [0.25, 0.3) is 0 Å². The number of aliphatic hydroxyl groups is 1. The van der Waals surface area contributed by atoms with Crippen molar-refractivity contribution in [2.75, 3.05) is 39.6 Å². The molecule has 0 saturated heterocycles. The van der Waals surface area contributed by atoms with Crippen molar-refractivity contribution in [3.63, 3.8) is 0 Å². The zero-order chi connectivity index (χ0) is 65.2. The van der Waals surface area contributed by atoms with Crippen LogP contribution >= 0.6 is 15.6 Å². The highest BCUT2D eigenvalue weighted by Gasteiger charge is 2.30. The highest BCUT2D eigenvalue weighted by atomic mass is 31.2. The van der Waals surface area contributed by atoms with Crippen LogP contribution in [0.2, 0.25) is 0 Å². The van der Waals surface area contributed by atoms with Crippen molar-refractivity contribution in [1.82, 2.24) is 0 Å². The van der Waals surface area contributed by atoms with E-state index in [1.165, 1.54) is 148 Å². The molecule has 0 bridgehead atoms. The number of aliphatic hydroxyl groups excluding tert-OH is 1. The van der Waals surface area contributed by atoms with Crippen LogP contribution in [0.4, 0.5) is 0 Å². The first-order chi connectivity index (χ1) is 42.3. The standard InChI is InChI=1S/C69H134O17P2/c1-8-10-11-33-43-50-66(71)79-56-64(85-69(74)53-46-39-32-26-28-35-41-48-61(5)6)58-83-87(75,76)81-54-63(70)55-82-88(77,78)84-59-65(57-80-67(72)51-44-37-30-25-24-29-36-42-49-62(7)9-2)86-68(73)52-45-38-31-23-21-19-17-15-13-12-14-16-18-20-22-27-34-40-47-60(3)4/h60-65,70H,8-59H2,1-7H3,(H,75,76)(H,77,78)/t62?,63-,64+,65+/m0/s1. The summed E-state index contributed by atoms with van der Waals surface area (Å²) in [5, 5.41) is 10.5. The highest BCUT2D eigenvalue weighted by Crippen LogP contribution is 2.45. The summed E-state index contributed by atoms with van der Waals surface area (Å²) in [6, 6.07) is 0. The molecule has 17 nitrogen and oxygen atoms in total. The van der Waals surface area contributed by atoms with Crippen molar-refractivity contribution in [1.29, 1.82) is 0 Å². The first kappa shape index (κ1) is 86.1. The molecule has 0 heterocycles. The molecule has 0 aliphatic heterocycles. The van der Waals surface area contributed by atoms with Crippen molar-refractivity contribution in [3.05, 3.63) is 0 Å². The van der Waals surface area contributed by atoms with Gasteiger partial charge in [0.1, 0.15) is 19.3 Å². The lowest BCUT2D eigenvalue weighted by atomic mass is 9.99. The van der Waals surface area contributed by atoms with E-state index in [1.807, 2.05) is 0 Å². The van der Waals surface area contributed by atoms with E-state index >= 15 is 0 Å². The maximum absolute atomic E-state index is 13.0. The minimum Gasteiger partial charge on any atom is -0.462 e. The minimum absolute atomic E-state index is 0.102. The maximum Gasteiger partial charge on any atom is 0.472 e. The number of hydrogen-bond donors (Lipinski definition) is 3. The summed E-state index contributed by atoms with van der Waals surface area (Å²) in [5.74, 6) is 0.152. The monoisotopic (exact) mass is 1300 g/mol. The average molecular weight is 1300 g/mol. The fraction of sp³-hybridized carbons (Fsp3) is 0.942. The first-order valence-electron chi connectivity index (χ1n) is 35.9. The molecule has 522 valence electrons. The average Bonchev–Trinajstić information content (AvgIpc) is 3.66. The summed E-state index contributed by atoms with van der Waals surface area (Å²) in [5.41, 5.74) is 0. The Labute approximate surface area is 537 Å². The van der Waals surface area contributed by atoms with Crippen LogP contribution in [-0.2, 0) is 65.4 Å². The number of carbonyl (C=O) groups is 4. The Morgan fingerprint density at radius 2 is 0.580 bits per heavy atom. The maximum atomic E-state index is 13.0. The van der Waals surface area contributed by atoms with Crippen LogP contribution in [0.25, 0.3) is 0 Å². The Morgan fingerprint density at radius 1 is 0.330 bits per heavy atom. The van der Waals surface area contributed by atoms with E-state index in [0.29, 0.717) is 31.6 Å². The number of phosphoric ester groups is 2. The molecule has 0 aliphatic carbocycles. The molecule has 0 fully saturated rings. The van der Waals surface area contributed by atoms with Crippen LogP contribution in [0.15, 0.2) is 0 Å². The summed E-state index contributed by atoms with van der Waals surface area (Å²) in [4.78, 5) is 72.1. The number of rotatable bonds is 67. The van der Waals surface area contributed by atoms with E-state index in [1.54, 1.807) is 0 Å². The Morgan fingerprint density at radius 3 is 0.864 bits per heavy atom. The predicted molar refractivity (Wildman–Crippen MR) is 354 cm³/mol. The van der Waals surface area contributed by atoms with Gasteiger partial charge in [0.05, 0.1) is 26.4 Å². The molecule has 19 heteroatoms. The van der Waals surface area contributed by atoms with Gasteiger partial charge < -0.3 is 33.8 Å². The second kappa shape index (κ2) is 60.0. The summed E-state index contributed by atoms with van der Waals surface area (Å²) in [7, 11) is -9.89. The number of ether oxygens (including phenoxy) is 4. The second-order valence-electron chi connectivity index (χ2n) is 26.1. The van der Waals surface area contributed by atoms with Crippen LogP contribution in [0, 0.1) is 17.8 Å². The van der Waals surface area contributed by atoms with Crippen molar-refractivity contribution >= 4 is 39.5 Å². The van der Waals surface area contributed by atoms with Crippen molar-refractivity contribution in [2.45, 2.75) is 362 Å². The van der Waals surface area contributed by atoms with Gasteiger partial charge in [-0.05, 0) is 43.4 Å². The number of phosphoric acid groups is 2. The minimum atomic E-state index is -4.95. The molecule has 0 amide bonds. The SMILES string of the molecule is CCCCCCCC(=O)OC[C@H](COP(=O)(O)OC[C@H](O)COP(=O)(O)OC[C@@H](COC(=O)CCCCCCCCCCC(C)CC)OC(=O)CCCCCCCCCCCCCCCCCCCCC(C)C)OC(=O)CCCCCCCCCC(C)C. The molecule has 0 saturated carbocycles. The normalized spacial score (nSPS) is 14.5. The van der Waals surface area contributed by atoms with Gasteiger partial charge in [0, 0.05) is 25.7 Å². The van der Waals surface area contributed by atoms with Gasteiger partial charge in [-0.1, -0.05) is 292 Å². The molecular weight excluding hydrogens is 1160 g/mol. The summed E-state index contributed by atoms with van der Waals surface area (Å²) in [6.45, 7) is 11.7. The summed E-state index contributed by atoms with van der Waals surface area (Å²) in [6.07, 6.45) is 43.7. The van der Waals surface area contributed by atoms with Gasteiger partial charge in [0.2, 0.25) is 0 Å². The molecule has 0 spiro atoms. The molecular formula is C69H134O17P2. The van der Waals surface area contributed by atoms with Crippen molar-refractivity contribution in [2.24, 2.45) is 17.8 Å². The van der Waals surface area contributed by atoms with Crippen LogP contribution < -0.4 is 0 Å². The zero-order valence-corrected chi connectivity index (χ0v) is 59.0. The van der Waals surface area contributed by atoms with Crippen LogP contribution in [0.5, 0.6) is 0 Å². The molecule has 0 aromatic carbocycles. The Hall–Kier alpha value is -1.94. The third-order valence-corrected chi connectivity index (χ3v) is 18.1. The summed E-state index contributed by atoms with van der Waals surface area (Å²) >= 11 is 0. The third kappa shape index (κ3) is 61.6. The topological polar surface area (TPSA) is 237 Å². The molecule has 0 aromatic heterocycles. The van der Waals surface area contributed by atoms with Gasteiger partial charge in [0.15, 0.2) is 12.2 Å². The molecule has 6 atom stereocenters. The van der Waals surface area contributed by atoms with E-state index in [-0.39, 0.29) is 25.7 Å². The molecule has 0 aromatic rings. The van der Waals surface area contributed by atoms with E-state index in [2.05, 4.69) is 48.5 Å². The lowest BCUT2D eigenvalue weighted by molar-refractivity contribution is -0.161. The van der Waals surface area contributed by atoms with Crippen LogP contribution in [-0.4, -0.2) is 96.7 Å². The van der Waals surface area contributed by atoms with Crippen LogP contribution in [0.1, 0.15) is 344 Å². The van der Waals surface area contributed by atoms with E-state index in [0.717, 1.165) is 108 Å². The Balaban J connectivity index is 5.11. The number of unbranched alkanes of at least 4 members (excludes halogenated alkanes) is 34. The zero-order valence-electron chi connectivity index (χ0n) is 57.2. The smallest absolute Gasteiger partial charge is 0.462 e. The quantitative estimate of drug-likeness (QED) is 0.0222.